The van der Waals surface area contributed by atoms with Gasteiger partial charge in [-0.25, -0.2) is 0 Å². The lowest BCUT2D eigenvalue weighted by Crippen LogP contribution is -2.13. The molecule has 0 saturated carbocycles. The summed E-state index contributed by atoms with van der Waals surface area (Å²) in [6.07, 6.45) is 3.24. The van der Waals surface area contributed by atoms with Crippen molar-refractivity contribution in [1.82, 2.24) is 30.8 Å². The number of rotatable bonds is 3. The molecule has 0 unspecified atom stereocenters. The molecule has 0 saturated heterocycles. The minimum Gasteiger partial charge on any atom is -0.355 e. The molecule has 0 aliphatic heterocycles. The standard InChI is InChI=1S/C10H7N7O2/c18-9(12-10-13-16-17-14-10)7-5-8(19-15-7)6-1-3-11-4-2-6/h1-5H,(H2,12,13,14,16,17,18). The number of anilines is 1. The van der Waals surface area contributed by atoms with Crippen LogP contribution in [0.4, 0.5) is 5.95 Å². The normalized spacial score (nSPS) is 10.3. The summed E-state index contributed by atoms with van der Waals surface area (Å²) in [5.41, 5.74) is 0.901. The number of hydrogen-bond acceptors (Lipinski definition) is 7. The SMILES string of the molecule is O=C(Nc1nn[nH]n1)c1cc(-c2ccncc2)on1. The van der Waals surface area contributed by atoms with Gasteiger partial charge >= 0.3 is 0 Å². The third-order valence-electron chi connectivity index (χ3n) is 2.28. The largest absolute Gasteiger partial charge is 0.355 e. The van der Waals surface area contributed by atoms with E-state index in [2.05, 4.69) is 36.1 Å². The molecule has 0 spiro atoms. The van der Waals surface area contributed by atoms with Gasteiger partial charge in [0, 0.05) is 24.0 Å². The van der Waals surface area contributed by atoms with Crippen molar-refractivity contribution in [3.05, 3.63) is 36.3 Å². The monoisotopic (exact) mass is 257 g/mol. The van der Waals surface area contributed by atoms with E-state index in [-0.39, 0.29) is 11.6 Å². The lowest BCUT2D eigenvalue weighted by molar-refractivity contribution is 0.101. The van der Waals surface area contributed by atoms with Gasteiger partial charge in [0.15, 0.2) is 11.5 Å². The highest BCUT2D eigenvalue weighted by Gasteiger charge is 2.15. The summed E-state index contributed by atoms with van der Waals surface area (Å²) in [5.74, 6) is 0.0598. The van der Waals surface area contributed by atoms with Gasteiger partial charge in [-0.15, -0.1) is 5.10 Å². The van der Waals surface area contributed by atoms with Gasteiger partial charge in [0.25, 0.3) is 11.9 Å². The van der Waals surface area contributed by atoms with E-state index in [9.17, 15) is 4.79 Å². The van der Waals surface area contributed by atoms with Crippen LogP contribution in [0.1, 0.15) is 10.5 Å². The second kappa shape index (κ2) is 4.64. The van der Waals surface area contributed by atoms with Gasteiger partial charge in [-0.2, -0.15) is 5.21 Å². The average molecular weight is 257 g/mol. The van der Waals surface area contributed by atoms with Crippen molar-refractivity contribution in [2.75, 3.05) is 5.32 Å². The fraction of sp³-hybridized carbons (Fsp3) is 0. The zero-order chi connectivity index (χ0) is 13.1. The van der Waals surface area contributed by atoms with Crippen LogP contribution in [-0.2, 0) is 0 Å². The third-order valence-corrected chi connectivity index (χ3v) is 2.28. The Morgan fingerprint density at radius 3 is 2.89 bits per heavy atom. The van der Waals surface area contributed by atoms with Crippen LogP contribution in [0.2, 0.25) is 0 Å². The molecule has 0 fully saturated rings. The number of H-pyrrole nitrogens is 1. The zero-order valence-electron chi connectivity index (χ0n) is 9.44. The van der Waals surface area contributed by atoms with E-state index in [1.54, 1.807) is 24.5 Å². The van der Waals surface area contributed by atoms with Crippen LogP contribution >= 0.6 is 0 Å². The smallest absolute Gasteiger partial charge is 0.280 e. The molecule has 9 nitrogen and oxygen atoms in total. The van der Waals surface area contributed by atoms with Crippen LogP contribution in [0.3, 0.4) is 0 Å². The van der Waals surface area contributed by atoms with E-state index >= 15 is 0 Å². The number of aromatic nitrogens is 6. The molecule has 0 aliphatic rings. The summed E-state index contributed by atoms with van der Waals surface area (Å²) in [4.78, 5) is 15.7. The lowest BCUT2D eigenvalue weighted by atomic mass is 10.2. The molecule has 0 aromatic carbocycles. The molecule has 2 N–H and O–H groups in total. The second-order valence-electron chi connectivity index (χ2n) is 3.50. The Bertz CT molecular complexity index is 677. The first-order valence-corrected chi connectivity index (χ1v) is 5.25. The second-order valence-corrected chi connectivity index (χ2v) is 3.50. The first kappa shape index (κ1) is 11.0. The van der Waals surface area contributed by atoms with Crippen LogP contribution in [0.5, 0.6) is 0 Å². The molecular weight excluding hydrogens is 250 g/mol. The summed E-state index contributed by atoms with van der Waals surface area (Å²) >= 11 is 0. The number of amides is 1. The number of aromatic amines is 1. The summed E-state index contributed by atoms with van der Waals surface area (Å²) in [6, 6.07) is 5.02. The van der Waals surface area contributed by atoms with Crippen molar-refractivity contribution in [1.29, 1.82) is 0 Å². The molecule has 3 aromatic rings. The number of carbonyl (C=O) groups excluding carboxylic acids is 1. The quantitative estimate of drug-likeness (QED) is 0.700. The van der Waals surface area contributed by atoms with E-state index in [0.29, 0.717) is 5.76 Å². The van der Waals surface area contributed by atoms with Gasteiger partial charge in [-0.1, -0.05) is 10.3 Å². The molecule has 0 aliphatic carbocycles. The molecule has 3 heterocycles. The van der Waals surface area contributed by atoms with E-state index in [1.165, 1.54) is 6.07 Å². The van der Waals surface area contributed by atoms with Crippen molar-refractivity contribution in [3.63, 3.8) is 0 Å². The number of nitrogens with one attached hydrogen (secondary N) is 2. The third kappa shape index (κ3) is 2.29. The molecule has 9 heteroatoms. The fourth-order valence-electron chi connectivity index (χ4n) is 1.41. The number of tetrazole rings is 1. The lowest BCUT2D eigenvalue weighted by Gasteiger charge is -1.93. The van der Waals surface area contributed by atoms with Crippen molar-refractivity contribution < 1.29 is 9.32 Å². The summed E-state index contributed by atoms with van der Waals surface area (Å²) in [6.45, 7) is 0. The molecule has 3 rings (SSSR count). The predicted octanol–water partition coefficient (Wildman–Crippen LogP) is 0.502. The van der Waals surface area contributed by atoms with Crippen LogP contribution in [-0.4, -0.2) is 36.7 Å². The summed E-state index contributed by atoms with van der Waals surface area (Å²) in [7, 11) is 0. The molecule has 94 valence electrons. The average Bonchev–Trinajstić information content (AvgIpc) is 3.10. The van der Waals surface area contributed by atoms with Crippen LogP contribution in [0, 0.1) is 0 Å². The fourth-order valence-corrected chi connectivity index (χ4v) is 1.41. The first-order valence-electron chi connectivity index (χ1n) is 5.25. The van der Waals surface area contributed by atoms with Gasteiger partial charge in [-0.3, -0.25) is 15.1 Å². The predicted molar refractivity (Wildman–Crippen MR) is 61.9 cm³/mol. The Morgan fingerprint density at radius 2 is 2.16 bits per heavy atom. The van der Waals surface area contributed by atoms with Crippen molar-refractivity contribution in [2.45, 2.75) is 0 Å². The molecule has 3 aromatic heterocycles. The van der Waals surface area contributed by atoms with Gasteiger partial charge in [0.05, 0.1) is 0 Å². The highest BCUT2D eigenvalue weighted by Crippen LogP contribution is 2.19. The molecule has 1 amide bonds. The van der Waals surface area contributed by atoms with Crippen molar-refractivity contribution >= 4 is 11.9 Å². The number of pyridine rings is 1. The molecule has 19 heavy (non-hydrogen) atoms. The van der Waals surface area contributed by atoms with Gasteiger partial charge in [-0.05, 0) is 17.3 Å². The molecule has 0 radical (unpaired) electrons. The van der Waals surface area contributed by atoms with Crippen molar-refractivity contribution in [3.8, 4) is 11.3 Å². The Labute approximate surface area is 106 Å². The van der Waals surface area contributed by atoms with Gasteiger partial charge < -0.3 is 4.52 Å². The zero-order valence-corrected chi connectivity index (χ0v) is 9.44. The summed E-state index contributed by atoms with van der Waals surface area (Å²) < 4.78 is 5.09. The van der Waals surface area contributed by atoms with Crippen molar-refractivity contribution in [2.24, 2.45) is 0 Å². The Balaban J connectivity index is 1.80. The Kier molecular flexibility index (Phi) is 2.69. The maximum Gasteiger partial charge on any atom is 0.280 e. The summed E-state index contributed by atoms with van der Waals surface area (Å²) in [5, 5.41) is 18.8. The topological polar surface area (TPSA) is 122 Å². The number of hydrogen-bond donors (Lipinski definition) is 2. The van der Waals surface area contributed by atoms with E-state index in [1.807, 2.05) is 0 Å². The highest BCUT2D eigenvalue weighted by molar-refractivity contribution is 6.02. The first-order chi connectivity index (χ1) is 9.33. The molecule has 0 atom stereocenters. The van der Waals surface area contributed by atoms with E-state index < -0.39 is 5.91 Å². The van der Waals surface area contributed by atoms with Crippen LogP contribution in [0.25, 0.3) is 11.3 Å². The minimum atomic E-state index is -0.481. The molecular formula is C10H7N7O2. The maximum atomic E-state index is 11.8. The number of carbonyl (C=O) groups is 1. The minimum absolute atomic E-state index is 0.0680. The Hall–Kier alpha value is -3.10. The molecule has 0 bridgehead atoms. The van der Waals surface area contributed by atoms with Crippen LogP contribution in [0.15, 0.2) is 35.1 Å². The maximum absolute atomic E-state index is 11.8. The van der Waals surface area contributed by atoms with E-state index in [0.717, 1.165) is 5.56 Å². The van der Waals surface area contributed by atoms with Gasteiger partial charge in [0.2, 0.25) is 0 Å². The number of nitrogens with zero attached hydrogens (tertiary/aromatic N) is 5. The van der Waals surface area contributed by atoms with E-state index in [4.69, 9.17) is 4.52 Å². The van der Waals surface area contributed by atoms with Crippen LogP contribution < -0.4 is 5.32 Å². The Morgan fingerprint density at radius 1 is 1.32 bits per heavy atom. The highest BCUT2D eigenvalue weighted by atomic mass is 16.5. The van der Waals surface area contributed by atoms with Gasteiger partial charge in [0.1, 0.15) is 0 Å².